The molecule has 10 heteroatoms. The largest absolute Gasteiger partial charge is 0.462 e. The number of nitrogens with zero attached hydrogens (tertiary/aromatic N) is 3. The summed E-state index contributed by atoms with van der Waals surface area (Å²) in [4.78, 5) is 32.6. The van der Waals surface area contributed by atoms with Gasteiger partial charge in [-0.2, -0.15) is 0 Å². The Balaban J connectivity index is 2.40. The number of aromatic nitrogens is 3. The molecule has 0 saturated carbocycles. The van der Waals surface area contributed by atoms with Gasteiger partial charge in [0.25, 0.3) is 0 Å². The van der Waals surface area contributed by atoms with Gasteiger partial charge in [0.2, 0.25) is 5.43 Å². The number of rotatable bonds is 3. The van der Waals surface area contributed by atoms with Gasteiger partial charge in [0.05, 0.1) is 22.0 Å². The van der Waals surface area contributed by atoms with E-state index in [1.54, 1.807) is 13.1 Å². The Morgan fingerprint density at radius 1 is 1.54 bits per heavy atom. The number of pyridine rings is 2. The number of ether oxygens (including phenoxy) is 1. The van der Waals surface area contributed by atoms with Gasteiger partial charge < -0.3 is 4.74 Å². The molecule has 3 heterocycles. The Hall–Kier alpha value is -1.84. The van der Waals surface area contributed by atoms with Gasteiger partial charge in [-0.1, -0.05) is 22.9 Å². The minimum absolute atomic E-state index is 0.0891. The van der Waals surface area contributed by atoms with E-state index in [1.807, 2.05) is 0 Å². The van der Waals surface area contributed by atoms with E-state index in [0.717, 1.165) is 9.85 Å². The van der Waals surface area contributed by atoms with Crippen LogP contribution in [0.4, 0.5) is 4.39 Å². The Labute approximate surface area is 152 Å². The first-order valence-corrected chi connectivity index (χ1v) is 8.61. The highest BCUT2D eigenvalue weighted by molar-refractivity contribution is 9.11. The van der Waals surface area contributed by atoms with Crippen molar-refractivity contribution >= 4 is 55.9 Å². The first-order valence-electron chi connectivity index (χ1n) is 6.62. The number of carbonyl (C=O) groups excluding carboxylic acids is 1. The lowest BCUT2D eigenvalue weighted by atomic mass is 10.2. The third-order valence-electron chi connectivity index (χ3n) is 3.06. The van der Waals surface area contributed by atoms with Gasteiger partial charge in [-0.05, 0) is 28.9 Å². The average molecular weight is 433 g/mol. The van der Waals surface area contributed by atoms with Crippen LogP contribution in [-0.4, -0.2) is 27.1 Å². The molecule has 124 valence electrons. The molecule has 0 saturated heterocycles. The first kappa shape index (κ1) is 17.0. The molecule has 0 N–H and O–H groups in total. The first-order chi connectivity index (χ1) is 11.4. The highest BCUT2D eigenvalue weighted by atomic mass is 79.9. The van der Waals surface area contributed by atoms with Crippen LogP contribution in [0.2, 0.25) is 5.15 Å². The van der Waals surface area contributed by atoms with Crippen LogP contribution >= 0.6 is 38.9 Å². The van der Waals surface area contributed by atoms with Crippen molar-refractivity contribution in [2.24, 2.45) is 0 Å². The third kappa shape index (κ3) is 2.94. The number of carbonyl (C=O) groups is 1. The molecule has 0 bridgehead atoms. The molecule has 3 aromatic heterocycles. The predicted molar refractivity (Wildman–Crippen MR) is 91.6 cm³/mol. The van der Waals surface area contributed by atoms with E-state index < -0.39 is 17.2 Å². The van der Waals surface area contributed by atoms with Crippen molar-refractivity contribution in [2.45, 2.75) is 6.92 Å². The summed E-state index contributed by atoms with van der Waals surface area (Å²) < 4.78 is 20.8. The van der Waals surface area contributed by atoms with Crippen molar-refractivity contribution < 1.29 is 13.9 Å². The van der Waals surface area contributed by atoms with Crippen molar-refractivity contribution in [3.8, 4) is 5.13 Å². The summed E-state index contributed by atoms with van der Waals surface area (Å²) in [5.74, 6) is -1.65. The molecule has 0 aliphatic rings. The van der Waals surface area contributed by atoms with Gasteiger partial charge in [0.1, 0.15) is 5.56 Å². The highest BCUT2D eigenvalue weighted by Gasteiger charge is 2.20. The SMILES string of the molecule is CCOC(=O)c1cn(-c2ncc(Br)s2)c2nc(Cl)c(F)cc2c1=O. The van der Waals surface area contributed by atoms with E-state index in [4.69, 9.17) is 16.3 Å². The summed E-state index contributed by atoms with van der Waals surface area (Å²) >= 11 is 10.3. The Bertz CT molecular complexity index is 1020. The molecule has 24 heavy (non-hydrogen) atoms. The predicted octanol–water partition coefficient (Wildman–Crippen LogP) is 3.57. The van der Waals surface area contributed by atoms with Crippen molar-refractivity contribution in [1.29, 1.82) is 0 Å². The molecule has 3 rings (SSSR count). The van der Waals surface area contributed by atoms with Crippen LogP contribution in [0.25, 0.3) is 16.2 Å². The quantitative estimate of drug-likeness (QED) is 0.467. The maximum Gasteiger partial charge on any atom is 0.343 e. The number of thiazole rings is 1. The van der Waals surface area contributed by atoms with Crippen molar-refractivity contribution in [1.82, 2.24) is 14.5 Å². The fraction of sp³-hybridized carbons (Fsp3) is 0.143. The highest BCUT2D eigenvalue weighted by Crippen LogP contribution is 2.26. The minimum atomic E-state index is -0.853. The fourth-order valence-electron chi connectivity index (χ4n) is 2.06. The molecule has 0 aromatic carbocycles. The Kier molecular flexibility index (Phi) is 4.66. The summed E-state index contributed by atoms with van der Waals surface area (Å²) in [6, 6.07) is 0.953. The zero-order valence-corrected chi connectivity index (χ0v) is 15.2. The normalized spacial score (nSPS) is 11.0. The molecule has 6 nitrogen and oxygen atoms in total. The van der Waals surface area contributed by atoms with Crippen molar-refractivity contribution in [2.75, 3.05) is 6.61 Å². The number of fused-ring (bicyclic) bond motifs is 1. The smallest absolute Gasteiger partial charge is 0.343 e. The van der Waals surface area contributed by atoms with E-state index in [-0.39, 0.29) is 28.4 Å². The second-order valence-corrected chi connectivity index (χ2v) is 7.29. The second-order valence-electron chi connectivity index (χ2n) is 4.54. The molecular weight excluding hydrogens is 425 g/mol. The third-order valence-corrected chi connectivity index (χ3v) is 4.80. The minimum Gasteiger partial charge on any atom is -0.462 e. The van der Waals surface area contributed by atoms with Gasteiger partial charge in [-0.15, -0.1) is 0 Å². The number of hydrogen-bond acceptors (Lipinski definition) is 6. The van der Waals surface area contributed by atoms with Crippen LogP contribution in [0.3, 0.4) is 0 Å². The van der Waals surface area contributed by atoms with Crippen molar-refractivity contribution in [3.63, 3.8) is 0 Å². The maximum absolute atomic E-state index is 13.8. The Morgan fingerprint density at radius 2 is 2.29 bits per heavy atom. The van der Waals surface area contributed by atoms with E-state index in [1.165, 1.54) is 22.1 Å². The topological polar surface area (TPSA) is 74.1 Å². The van der Waals surface area contributed by atoms with Crippen LogP contribution in [0.5, 0.6) is 0 Å². The van der Waals surface area contributed by atoms with Gasteiger partial charge in [0, 0.05) is 6.20 Å². The summed E-state index contributed by atoms with van der Waals surface area (Å²) in [6.45, 7) is 1.72. The molecule has 0 amide bonds. The summed E-state index contributed by atoms with van der Waals surface area (Å²) in [5.41, 5.74) is -0.820. The van der Waals surface area contributed by atoms with E-state index in [0.29, 0.717) is 5.13 Å². The van der Waals surface area contributed by atoms with Crippen LogP contribution < -0.4 is 5.43 Å². The number of halogens is 3. The monoisotopic (exact) mass is 431 g/mol. The Morgan fingerprint density at radius 3 is 2.92 bits per heavy atom. The molecule has 0 atom stereocenters. The van der Waals surface area contributed by atoms with E-state index in [9.17, 15) is 14.0 Å². The molecule has 0 aliphatic heterocycles. The molecule has 0 aliphatic carbocycles. The summed E-state index contributed by atoms with van der Waals surface area (Å²) in [6.07, 6.45) is 2.83. The van der Waals surface area contributed by atoms with Crippen molar-refractivity contribution in [3.05, 3.63) is 49.0 Å². The molecule has 0 spiro atoms. The summed E-state index contributed by atoms with van der Waals surface area (Å²) in [7, 11) is 0. The van der Waals surface area contributed by atoms with E-state index >= 15 is 0 Å². The van der Waals surface area contributed by atoms with Gasteiger partial charge >= 0.3 is 5.97 Å². The maximum atomic E-state index is 13.8. The standard InChI is InChI=1S/C14H8BrClFN3O3S/c1-2-23-13(22)7-5-20(14-18-4-9(15)24-14)12-6(10(7)21)3-8(17)11(16)19-12/h3-5H,2H2,1H3. The van der Waals surface area contributed by atoms with Gasteiger partial charge in [-0.3, -0.25) is 9.36 Å². The van der Waals surface area contributed by atoms with Crippen LogP contribution in [0.1, 0.15) is 17.3 Å². The van der Waals surface area contributed by atoms with Crippen LogP contribution in [0, 0.1) is 5.82 Å². The van der Waals surface area contributed by atoms with Crippen LogP contribution in [-0.2, 0) is 4.74 Å². The zero-order chi connectivity index (χ0) is 17.4. The molecular formula is C14H8BrClFN3O3S. The molecule has 0 unspecified atom stereocenters. The lowest BCUT2D eigenvalue weighted by Crippen LogP contribution is -2.21. The lowest BCUT2D eigenvalue weighted by molar-refractivity contribution is 0.0524. The lowest BCUT2D eigenvalue weighted by Gasteiger charge is -2.10. The summed E-state index contributed by atoms with van der Waals surface area (Å²) in [5, 5.41) is -0.0449. The molecule has 3 aromatic rings. The van der Waals surface area contributed by atoms with Gasteiger partial charge in [-0.25, -0.2) is 19.2 Å². The van der Waals surface area contributed by atoms with Crippen LogP contribution in [0.15, 0.2) is 27.0 Å². The average Bonchev–Trinajstić information content (AvgIpc) is 2.96. The van der Waals surface area contributed by atoms with E-state index in [2.05, 4.69) is 25.9 Å². The zero-order valence-electron chi connectivity index (χ0n) is 12.0. The van der Waals surface area contributed by atoms with Gasteiger partial charge in [0.15, 0.2) is 21.7 Å². The molecule has 0 fully saturated rings. The fourth-order valence-corrected chi connectivity index (χ4v) is 3.35. The molecule has 0 radical (unpaired) electrons. The number of esters is 1. The number of hydrogen-bond donors (Lipinski definition) is 0. The second kappa shape index (κ2) is 6.58.